The molecule has 0 aliphatic carbocycles. The van der Waals surface area contributed by atoms with Gasteiger partial charge in [-0.3, -0.25) is 9.13 Å². The molecule has 4 aromatic heterocycles. The van der Waals surface area contributed by atoms with Gasteiger partial charge in [-0.15, -0.1) is 0 Å². The standard InChI is InChI=1S/C16H13Cl3N4O.C10H10Cl2N4O/c17-9-4-5-10(11(18)7-9)13-14-15(22-16(19)21-13)23(8-20-14)12-3-1-2-6-24-12;11-8-7-9(15-10(12)14-8)16(5-13-7)6-3-1-2-4-17-6/h4-5,7-8,12H,1-3,6H2;5-6H,1-4H2. The fourth-order valence-electron chi connectivity index (χ4n) is 4.92. The van der Waals surface area contributed by atoms with Crippen LogP contribution in [0.15, 0.2) is 30.9 Å². The maximum Gasteiger partial charge on any atom is 0.225 e. The van der Waals surface area contributed by atoms with Crippen molar-refractivity contribution < 1.29 is 9.47 Å². The lowest BCUT2D eigenvalue weighted by Gasteiger charge is -2.23. The van der Waals surface area contributed by atoms with Gasteiger partial charge in [-0.1, -0.05) is 34.8 Å². The summed E-state index contributed by atoms with van der Waals surface area (Å²) in [5.41, 5.74) is 3.76. The maximum atomic E-state index is 6.33. The van der Waals surface area contributed by atoms with Crippen LogP contribution in [-0.4, -0.2) is 52.3 Å². The number of rotatable bonds is 3. The number of imidazole rings is 2. The molecule has 2 fully saturated rings. The number of halogens is 5. The topological polar surface area (TPSA) is 106 Å². The molecule has 6 heterocycles. The van der Waals surface area contributed by atoms with E-state index >= 15 is 0 Å². The van der Waals surface area contributed by atoms with Gasteiger partial charge in [-0.05, 0) is 79.9 Å². The molecule has 10 nitrogen and oxygen atoms in total. The van der Waals surface area contributed by atoms with Gasteiger partial charge in [-0.2, -0.15) is 9.97 Å². The van der Waals surface area contributed by atoms with Gasteiger partial charge in [0.05, 0.1) is 17.7 Å². The average Bonchev–Trinajstić information content (AvgIpc) is 3.59. The van der Waals surface area contributed by atoms with Crippen molar-refractivity contribution in [2.24, 2.45) is 0 Å². The normalized spacial score (nSPS) is 19.3. The Morgan fingerprint density at radius 2 is 1.27 bits per heavy atom. The van der Waals surface area contributed by atoms with Crippen LogP contribution in [0.5, 0.6) is 0 Å². The fourth-order valence-corrected chi connectivity index (χ4v) is 6.01. The summed E-state index contributed by atoms with van der Waals surface area (Å²) < 4.78 is 15.3. The van der Waals surface area contributed by atoms with Gasteiger partial charge >= 0.3 is 0 Å². The Morgan fingerprint density at radius 3 is 1.85 bits per heavy atom. The van der Waals surface area contributed by atoms with Crippen LogP contribution in [-0.2, 0) is 9.47 Å². The number of hydrogen-bond acceptors (Lipinski definition) is 8. The van der Waals surface area contributed by atoms with Gasteiger partial charge in [0, 0.05) is 23.8 Å². The van der Waals surface area contributed by atoms with Crippen molar-refractivity contribution in [3.63, 3.8) is 0 Å². The highest BCUT2D eigenvalue weighted by molar-refractivity contribution is 6.37. The molecule has 0 radical (unpaired) electrons. The smallest absolute Gasteiger partial charge is 0.225 e. The van der Waals surface area contributed by atoms with Crippen LogP contribution in [0, 0.1) is 0 Å². The second-order valence-corrected chi connectivity index (χ2v) is 11.4. The largest absolute Gasteiger partial charge is 0.358 e. The van der Waals surface area contributed by atoms with Gasteiger partial charge in [0.2, 0.25) is 10.6 Å². The van der Waals surface area contributed by atoms with Crippen molar-refractivity contribution in [1.29, 1.82) is 0 Å². The Morgan fingerprint density at radius 1 is 0.683 bits per heavy atom. The number of aromatic nitrogens is 8. The van der Waals surface area contributed by atoms with Gasteiger partial charge in [0.15, 0.2) is 16.4 Å². The van der Waals surface area contributed by atoms with Crippen LogP contribution >= 0.6 is 58.0 Å². The molecule has 5 aromatic rings. The SMILES string of the molecule is Clc1ccc(-c2nc(Cl)nc3c2ncn3C2CCCCO2)c(Cl)c1.Clc1nc(Cl)c2ncn(C3CCCCO3)c2n1. The highest BCUT2D eigenvalue weighted by atomic mass is 35.5. The molecule has 214 valence electrons. The first-order valence-corrected chi connectivity index (χ1v) is 14.9. The summed E-state index contributed by atoms with van der Waals surface area (Å²) in [5, 5.41) is 1.58. The summed E-state index contributed by atoms with van der Waals surface area (Å²) >= 11 is 30.2. The number of benzene rings is 1. The quantitative estimate of drug-likeness (QED) is 0.142. The first kappa shape index (κ1) is 28.8. The van der Waals surface area contributed by atoms with Crippen LogP contribution in [0.4, 0.5) is 0 Å². The summed E-state index contributed by atoms with van der Waals surface area (Å²) in [7, 11) is 0. The highest BCUT2D eigenvalue weighted by Crippen LogP contribution is 2.35. The third kappa shape index (κ3) is 6.10. The van der Waals surface area contributed by atoms with E-state index in [0.29, 0.717) is 43.6 Å². The van der Waals surface area contributed by atoms with Crippen LogP contribution < -0.4 is 0 Å². The predicted octanol–water partition coefficient (Wildman–Crippen LogP) is 7.98. The molecule has 2 unspecified atom stereocenters. The lowest BCUT2D eigenvalue weighted by Crippen LogP contribution is -2.17. The van der Waals surface area contributed by atoms with Crippen LogP contribution in [0.25, 0.3) is 33.6 Å². The number of ether oxygens (including phenoxy) is 2. The fraction of sp³-hybridized carbons (Fsp3) is 0.385. The zero-order valence-corrected chi connectivity index (χ0v) is 25.3. The van der Waals surface area contributed by atoms with E-state index in [1.807, 2.05) is 9.13 Å². The van der Waals surface area contributed by atoms with Crippen LogP contribution in [0.3, 0.4) is 0 Å². The zero-order chi connectivity index (χ0) is 28.5. The second kappa shape index (κ2) is 12.5. The first-order chi connectivity index (χ1) is 19.9. The minimum atomic E-state index is -0.0803. The molecule has 0 N–H and O–H groups in total. The Kier molecular flexibility index (Phi) is 8.78. The van der Waals surface area contributed by atoms with Crippen molar-refractivity contribution in [3.8, 4) is 11.3 Å². The summed E-state index contributed by atoms with van der Waals surface area (Å²) in [6.45, 7) is 1.50. The minimum absolute atomic E-state index is 0.0317. The van der Waals surface area contributed by atoms with Crippen molar-refractivity contribution in [2.75, 3.05) is 13.2 Å². The number of fused-ring (bicyclic) bond motifs is 2. The first-order valence-electron chi connectivity index (χ1n) is 13.0. The molecule has 1 aromatic carbocycles. The molecule has 2 aliphatic rings. The molecule has 41 heavy (non-hydrogen) atoms. The van der Waals surface area contributed by atoms with E-state index in [0.717, 1.165) is 51.7 Å². The maximum absolute atomic E-state index is 6.33. The lowest BCUT2D eigenvalue weighted by atomic mass is 10.1. The van der Waals surface area contributed by atoms with E-state index in [2.05, 4.69) is 29.9 Å². The van der Waals surface area contributed by atoms with Gasteiger partial charge in [-0.25, -0.2) is 19.9 Å². The molecular weight excluding hydrogens is 634 g/mol. The monoisotopic (exact) mass is 654 g/mol. The molecule has 7 rings (SSSR count). The van der Waals surface area contributed by atoms with E-state index in [4.69, 9.17) is 67.5 Å². The van der Waals surface area contributed by atoms with E-state index in [9.17, 15) is 0 Å². The third-order valence-corrected chi connectivity index (χ3v) is 8.01. The Hall–Kier alpha value is -2.31. The average molecular weight is 657 g/mol. The second-order valence-electron chi connectivity index (χ2n) is 9.54. The number of hydrogen-bond donors (Lipinski definition) is 0. The van der Waals surface area contributed by atoms with Crippen molar-refractivity contribution in [3.05, 3.63) is 56.6 Å². The Bertz CT molecular complexity index is 1700. The zero-order valence-electron chi connectivity index (χ0n) is 21.5. The minimum Gasteiger partial charge on any atom is -0.358 e. The van der Waals surface area contributed by atoms with E-state index in [1.165, 1.54) is 0 Å². The third-order valence-electron chi connectivity index (χ3n) is 6.86. The Labute approximate surface area is 259 Å². The van der Waals surface area contributed by atoms with Gasteiger partial charge in [0.25, 0.3) is 0 Å². The molecular formula is C26H23Cl5N8O2. The highest BCUT2D eigenvalue weighted by Gasteiger charge is 2.23. The predicted molar refractivity (Wildman–Crippen MR) is 159 cm³/mol. The molecule has 0 amide bonds. The molecule has 0 spiro atoms. The van der Waals surface area contributed by atoms with Gasteiger partial charge in [0.1, 0.15) is 29.2 Å². The van der Waals surface area contributed by atoms with E-state index in [1.54, 1.807) is 30.9 Å². The van der Waals surface area contributed by atoms with Gasteiger partial charge < -0.3 is 9.47 Å². The molecule has 2 saturated heterocycles. The van der Waals surface area contributed by atoms with Crippen LogP contribution in [0.2, 0.25) is 25.8 Å². The van der Waals surface area contributed by atoms with E-state index in [-0.39, 0.29) is 28.2 Å². The summed E-state index contributed by atoms with van der Waals surface area (Å²) in [6.07, 6.45) is 9.57. The van der Waals surface area contributed by atoms with Crippen molar-refractivity contribution in [2.45, 2.75) is 51.0 Å². The molecule has 15 heteroatoms. The molecule has 2 aliphatic heterocycles. The summed E-state index contributed by atoms with van der Waals surface area (Å²) in [5.74, 6) is 0. The molecule has 0 bridgehead atoms. The van der Waals surface area contributed by atoms with Crippen molar-refractivity contribution in [1.82, 2.24) is 39.0 Å². The van der Waals surface area contributed by atoms with E-state index < -0.39 is 0 Å². The summed E-state index contributed by atoms with van der Waals surface area (Å²) in [4.78, 5) is 25.4. The van der Waals surface area contributed by atoms with Crippen molar-refractivity contribution >= 4 is 80.3 Å². The molecule has 0 saturated carbocycles. The number of nitrogens with zero attached hydrogens (tertiary/aromatic N) is 8. The molecule has 2 atom stereocenters. The summed E-state index contributed by atoms with van der Waals surface area (Å²) in [6, 6.07) is 5.23. The van der Waals surface area contributed by atoms with Crippen LogP contribution in [0.1, 0.15) is 51.0 Å². The Balaban J connectivity index is 0.000000156. The lowest BCUT2D eigenvalue weighted by molar-refractivity contribution is -0.0299.